The first kappa shape index (κ1) is 14.4. The minimum absolute atomic E-state index is 0.149. The molecule has 0 aliphatic heterocycles. The number of halogens is 2. The zero-order valence-electron chi connectivity index (χ0n) is 10.5. The summed E-state index contributed by atoms with van der Waals surface area (Å²) >= 11 is 0. The Labute approximate surface area is 117 Å². The second-order valence-corrected chi connectivity index (χ2v) is 4.15. The molecule has 6 nitrogen and oxygen atoms in total. The fourth-order valence-corrected chi connectivity index (χ4v) is 1.72. The van der Waals surface area contributed by atoms with E-state index in [0.29, 0.717) is 6.07 Å². The number of anilines is 2. The van der Waals surface area contributed by atoms with E-state index in [-0.39, 0.29) is 16.9 Å². The SMILES string of the molecule is Nc1ccc([N+](=O)[O-])c(C(=O)Nc2cc(F)cc(F)c2)c1. The summed E-state index contributed by atoms with van der Waals surface area (Å²) in [7, 11) is 0. The van der Waals surface area contributed by atoms with Crippen LogP contribution in [-0.4, -0.2) is 10.8 Å². The molecule has 21 heavy (non-hydrogen) atoms. The van der Waals surface area contributed by atoms with Gasteiger partial charge in [0.05, 0.1) is 4.92 Å². The standard InChI is InChI=1S/C13H9F2N3O3/c14-7-3-8(15)5-10(4-7)17-13(19)11-6-9(16)1-2-12(11)18(20)21/h1-6H,16H2,(H,17,19). The summed E-state index contributed by atoms with van der Waals surface area (Å²) in [5, 5.41) is 13.0. The molecule has 0 radical (unpaired) electrons. The highest BCUT2D eigenvalue weighted by Gasteiger charge is 2.20. The average molecular weight is 293 g/mol. The smallest absolute Gasteiger partial charge is 0.282 e. The fraction of sp³-hybridized carbons (Fsp3) is 0. The van der Waals surface area contributed by atoms with Crippen molar-refractivity contribution in [3.8, 4) is 0 Å². The van der Waals surface area contributed by atoms with E-state index in [1.807, 2.05) is 0 Å². The highest BCUT2D eigenvalue weighted by Crippen LogP contribution is 2.23. The third-order valence-electron chi connectivity index (χ3n) is 2.58. The number of nitrogens with zero attached hydrogens (tertiary/aromatic N) is 1. The van der Waals surface area contributed by atoms with Crippen LogP contribution < -0.4 is 11.1 Å². The first-order chi connectivity index (χ1) is 9.86. The molecule has 3 N–H and O–H groups in total. The molecule has 0 aliphatic rings. The highest BCUT2D eigenvalue weighted by molar-refractivity contribution is 6.07. The van der Waals surface area contributed by atoms with Crippen LogP contribution in [0.15, 0.2) is 36.4 Å². The van der Waals surface area contributed by atoms with Crippen LogP contribution in [0.2, 0.25) is 0 Å². The molecule has 108 valence electrons. The molecular weight excluding hydrogens is 284 g/mol. The van der Waals surface area contributed by atoms with Crippen molar-refractivity contribution < 1.29 is 18.5 Å². The first-order valence-electron chi connectivity index (χ1n) is 5.68. The Bertz CT molecular complexity index is 714. The van der Waals surface area contributed by atoms with E-state index < -0.39 is 28.2 Å². The minimum atomic E-state index is -0.890. The number of rotatable bonds is 3. The van der Waals surface area contributed by atoms with Gasteiger partial charge in [-0.3, -0.25) is 14.9 Å². The Morgan fingerprint density at radius 2 is 1.76 bits per heavy atom. The van der Waals surface area contributed by atoms with Crippen molar-refractivity contribution in [2.24, 2.45) is 0 Å². The van der Waals surface area contributed by atoms with Crippen molar-refractivity contribution >= 4 is 23.0 Å². The number of nitrogen functional groups attached to an aromatic ring is 1. The van der Waals surface area contributed by atoms with E-state index in [9.17, 15) is 23.7 Å². The normalized spacial score (nSPS) is 10.2. The third-order valence-corrected chi connectivity index (χ3v) is 2.58. The van der Waals surface area contributed by atoms with E-state index in [1.54, 1.807) is 0 Å². The number of nitrogens with two attached hydrogens (primary N) is 1. The Morgan fingerprint density at radius 1 is 1.14 bits per heavy atom. The summed E-state index contributed by atoms with van der Waals surface area (Å²) in [6.07, 6.45) is 0. The largest absolute Gasteiger partial charge is 0.399 e. The molecule has 2 aromatic carbocycles. The van der Waals surface area contributed by atoms with Crippen LogP contribution in [-0.2, 0) is 0 Å². The van der Waals surface area contributed by atoms with Crippen LogP contribution in [0, 0.1) is 21.7 Å². The molecule has 0 bridgehead atoms. The van der Waals surface area contributed by atoms with E-state index in [4.69, 9.17) is 5.73 Å². The topological polar surface area (TPSA) is 98.3 Å². The maximum absolute atomic E-state index is 13.0. The number of amides is 1. The molecular formula is C13H9F2N3O3. The molecule has 0 spiro atoms. The molecule has 0 saturated heterocycles. The van der Waals surface area contributed by atoms with Gasteiger partial charge in [0.2, 0.25) is 0 Å². The Balaban J connectivity index is 2.36. The average Bonchev–Trinajstić information content (AvgIpc) is 2.36. The van der Waals surface area contributed by atoms with Gasteiger partial charge in [0, 0.05) is 23.5 Å². The summed E-state index contributed by atoms with van der Waals surface area (Å²) in [6, 6.07) is 5.88. The number of nitro groups is 1. The number of benzene rings is 2. The van der Waals surface area contributed by atoms with Gasteiger partial charge in [-0.05, 0) is 24.3 Å². The van der Waals surface area contributed by atoms with Crippen LogP contribution in [0.4, 0.5) is 25.8 Å². The van der Waals surface area contributed by atoms with Crippen LogP contribution in [0.5, 0.6) is 0 Å². The lowest BCUT2D eigenvalue weighted by molar-refractivity contribution is -0.385. The second kappa shape index (κ2) is 5.53. The zero-order chi connectivity index (χ0) is 15.6. The van der Waals surface area contributed by atoms with Gasteiger partial charge in [-0.1, -0.05) is 0 Å². The summed E-state index contributed by atoms with van der Waals surface area (Å²) in [5.74, 6) is -2.65. The maximum Gasteiger partial charge on any atom is 0.282 e. The summed E-state index contributed by atoms with van der Waals surface area (Å²) in [6.45, 7) is 0. The second-order valence-electron chi connectivity index (χ2n) is 4.15. The molecule has 0 atom stereocenters. The molecule has 0 heterocycles. The molecule has 0 saturated carbocycles. The van der Waals surface area contributed by atoms with Crippen LogP contribution >= 0.6 is 0 Å². The monoisotopic (exact) mass is 293 g/mol. The minimum Gasteiger partial charge on any atom is -0.399 e. The fourth-order valence-electron chi connectivity index (χ4n) is 1.72. The van der Waals surface area contributed by atoms with Gasteiger partial charge < -0.3 is 11.1 Å². The maximum atomic E-state index is 13.0. The van der Waals surface area contributed by atoms with Gasteiger partial charge in [0.1, 0.15) is 17.2 Å². The Morgan fingerprint density at radius 3 is 2.33 bits per heavy atom. The van der Waals surface area contributed by atoms with Crippen LogP contribution in [0.25, 0.3) is 0 Å². The summed E-state index contributed by atoms with van der Waals surface area (Å²) in [4.78, 5) is 22.1. The summed E-state index contributed by atoms with van der Waals surface area (Å²) in [5.41, 5.74) is 4.71. The summed E-state index contributed by atoms with van der Waals surface area (Å²) < 4.78 is 26.1. The number of nitrogens with one attached hydrogen (secondary N) is 1. The number of hydrogen-bond acceptors (Lipinski definition) is 4. The quantitative estimate of drug-likeness (QED) is 0.516. The van der Waals surface area contributed by atoms with Crippen molar-refractivity contribution in [1.82, 2.24) is 0 Å². The predicted molar refractivity (Wildman–Crippen MR) is 71.8 cm³/mol. The molecule has 0 aliphatic carbocycles. The molecule has 0 fully saturated rings. The molecule has 2 rings (SSSR count). The zero-order valence-corrected chi connectivity index (χ0v) is 10.5. The molecule has 0 unspecified atom stereocenters. The van der Waals surface area contributed by atoms with E-state index in [1.165, 1.54) is 6.07 Å². The first-order valence-corrected chi connectivity index (χ1v) is 5.68. The van der Waals surface area contributed by atoms with Crippen molar-refractivity contribution in [2.45, 2.75) is 0 Å². The molecule has 0 aromatic heterocycles. The van der Waals surface area contributed by atoms with Crippen LogP contribution in [0.1, 0.15) is 10.4 Å². The number of hydrogen-bond donors (Lipinski definition) is 2. The lowest BCUT2D eigenvalue weighted by Gasteiger charge is -2.07. The van der Waals surface area contributed by atoms with E-state index in [2.05, 4.69) is 5.32 Å². The highest BCUT2D eigenvalue weighted by atomic mass is 19.1. The Kier molecular flexibility index (Phi) is 3.79. The lowest BCUT2D eigenvalue weighted by Crippen LogP contribution is -2.14. The van der Waals surface area contributed by atoms with Crippen molar-refractivity contribution in [3.63, 3.8) is 0 Å². The molecule has 1 amide bonds. The number of carbonyl (C=O) groups excluding carboxylic acids is 1. The van der Waals surface area contributed by atoms with Crippen LogP contribution in [0.3, 0.4) is 0 Å². The Hall–Kier alpha value is -3.03. The molecule has 8 heteroatoms. The van der Waals surface area contributed by atoms with Crippen molar-refractivity contribution in [1.29, 1.82) is 0 Å². The van der Waals surface area contributed by atoms with Gasteiger partial charge in [0.25, 0.3) is 11.6 Å². The molecule has 2 aromatic rings. The van der Waals surface area contributed by atoms with Gasteiger partial charge in [0.15, 0.2) is 0 Å². The lowest BCUT2D eigenvalue weighted by atomic mass is 10.1. The van der Waals surface area contributed by atoms with Gasteiger partial charge >= 0.3 is 0 Å². The third kappa shape index (κ3) is 3.30. The van der Waals surface area contributed by atoms with Gasteiger partial charge in [-0.25, -0.2) is 8.78 Å². The van der Waals surface area contributed by atoms with Gasteiger partial charge in [-0.2, -0.15) is 0 Å². The number of carbonyl (C=O) groups is 1. The van der Waals surface area contributed by atoms with E-state index in [0.717, 1.165) is 24.3 Å². The van der Waals surface area contributed by atoms with E-state index >= 15 is 0 Å². The predicted octanol–water partition coefficient (Wildman–Crippen LogP) is 2.71. The van der Waals surface area contributed by atoms with Crippen molar-refractivity contribution in [3.05, 3.63) is 63.7 Å². The van der Waals surface area contributed by atoms with Crippen molar-refractivity contribution in [2.75, 3.05) is 11.1 Å². The van der Waals surface area contributed by atoms with Gasteiger partial charge in [-0.15, -0.1) is 0 Å². The number of nitro benzene ring substituents is 1.